The molecule has 0 N–H and O–H groups in total. The van der Waals surface area contributed by atoms with Gasteiger partial charge in [0, 0.05) is 6.04 Å². The molecule has 1 aliphatic carbocycles. The Morgan fingerprint density at radius 3 is 2.93 bits per heavy atom. The number of hydrogen-bond acceptors (Lipinski definition) is 4. The fourth-order valence-corrected chi connectivity index (χ4v) is 1.56. The second kappa shape index (κ2) is 3.10. The summed E-state index contributed by atoms with van der Waals surface area (Å²) < 4.78 is 1.71. The molecule has 6 nitrogen and oxygen atoms in total. The highest BCUT2D eigenvalue weighted by atomic mass is 16.6. The molecule has 0 spiro atoms. The largest absolute Gasteiger partial charge is 0.381 e. The van der Waals surface area contributed by atoms with E-state index in [0.717, 1.165) is 12.8 Å². The molecule has 0 amide bonds. The summed E-state index contributed by atoms with van der Waals surface area (Å²) in [5.74, 6) is -0.0353. The molecule has 1 heterocycles. The number of imidazole rings is 1. The Labute approximate surface area is 79.9 Å². The first kappa shape index (κ1) is 8.69. The zero-order valence-electron chi connectivity index (χ0n) is 7.33. The van der Waals surface area contributed by atoms with E-state index in [2.05, 4.69) is 11.1 Å². The average molecular weight is 192 g/mol. The Balaban J connectivity index is 2.05. The summed E-state index contributed by atoms with van der Waals surface area (Å²) >= 11 is 0. The molecule has 1 aliphatic rings. The van der Waals surface area contributed by atoms with Gasteiger partial charge in [-0.05, 0) is 22.7 Å². The molecule has 0 unspecified atom stereocenters. The van der Waals surface area contributed by atoms with Crippen molar-refractivity contribution in [3.63, 3.8) is 0 Å². The number of hydrogen-bond donors (Lipinski definition) is 0. The van der Waals surface area contributed by atoms with Crippen molar-refractivity contribution in [2.24, 2.45) is 5.92 Å². The lowest BCUT2D eigenvalue weighted by Gasteiger charge is -2.30. The lowest BCUT2D eigenvalue weighted by atomic mass is 9.81. The van der Waals surface area contributed by atoms with Crippen LogP contribution in [0.15, 0.2) is 12.5 Å². The maximum atomic E-state index is 10.3. The van der Waals surface area contributed by atoms with Crippen LogP contribution in [-0.4, -0.2) is 14.5 Å². The van der Waals surface area contributed by atoms with E-state index >= 15 is 0 Å². The average Bonchev–Trinajstić information content (AvgIpc) is 2.51. The van der Waals surface area contributed by atoms with Gasteiger partial charge in [0.2, 0.25) is 6.33 Å². The number of rotatable bonds is 2. The minimum atomic E-state index is -0.517. The van der Waals surface area contributed by atoms with Gasteiger partial charge < -0.3 is 14.7 Å². The van der Waals surface area contributed by atoms with Gasteiger partial charge in [-0.3, -0.25) is 0 Å². The third-order valence-electron chi connectivity index (χ3n) is 2.49. The van der Waals surface area contributed by atoms with E-state index in [1.807, 2.05) is 0 Å². The molecule has 0 aromatic carbocycles. The minimum Gasteiger partial charge on any atom is -0.358 e. The molecule has 1 fully saturated rings. The lowest BCUT2D eigenvalue weighted by molar-refractivity contribution is -0.389. The Kier molecular flexibility index (Phi) is 1.93. The second-order valence-electron chi connectivity index (χ2n) is 3.39. The van der Waals surface area contributed by atoms with Gasteiger partial charge in [0.1, 0.15) is 6.20 Å². The van der Waals surface area contributed by atoms with Gasteiger partial charge in [-0.2, -0.15) is 5.26 Å². The second-order valence-corrected chi connectivity index (χ2v) is 3.39. The highest BCUT2D eigenvalue weighted by Gasteiger charge is 2.31. The summed E-state index contributed by atoms with van der Waals surface area (Å²) in [6, 6.07) is 2.37. The molecular formula is C8H8N4O2. The first-order chi connectivity index (χ1) is 6.70. The smallest absolute Gasteiger partial charge is 0.358 e. The predicted molar refractivity (Wildman–Crippen MR) is 46.3 cm³/mol. The summed E-state index contributed by atoms with van der Waals surface area (Å²) in [6.45, 7) is 0. The first-order valence-corrected chi connectivity index (χ1v) is 4.28. The standard InChI is InChI=1S/C8H8N4O2/c9-3-6-1-7(2-6)11-4-8(10-5-11)12(13)14/h4-7H,1-2H2. The van der Waals surface area contributed by atoms with Crippen LogP contribution < -0.4 is 0 Å². The molecule has 1 saturated carbocycles. The third-order valence-corrected chi connectivity index (χ3v) is 2.49. The molecule has 1 aromatic rings. The van der Waals surface area contributed by atoms with Crippen LogP contribution in [-0.2, 0) is 0 Å². The van der Waals surface area contributed by atoms with Crippen molar-refractivity contribution in [2.45, 2.75) is 18.9 Å². The fraction of sp³-hybridized carbons (Fsp3) is 0.500. The highest BCUT2D eigenvalue weighted by Crippen LogP contribution is 2.37. The predicted octanol–water partition coefficient (Wildman–Crippen LogP) is 1.27. The van der Waals surface area contributed by atoms with Crippen LogP contribution in [0.5, 0.6) is 0 Å². The molecule has 0 radical (unpaired) electrons. The summed E-state index contributed by atoms with van der Waals surface area (Å²) in [5, 5.41) is 18.9. The van der Waals surface area contributed by atoms with Crippen molar-refractivity contribution in [2.75, 3.05) is 0 Å². The molecule has 0 atom stereocenters. The molecular weight excluding hydrogens is 184 g/mol. The number of nitrogens with zero attached hydrogens (tertiary/aromatic N) is 4. The van der Waals surface area contributed by atoms with Crippen molar-refractivity contribution in [3.8, 4) is 6.07 Å². The molecule has 1 aromatic heterocycles. The third kappa shape index (κ3) is 1.33. The van der Waals surface area contributed by atoms with Gasteiger partial charge in [0.15, 0.2) is 0 Å². The first-order valence-electron chi connectivity index (χ1n) is 4.28. The number of aromatic nitrogens is 2. The number of nitriles is 1. The zero-order valence-corrected chi connectivity index (χ0v) is 7.33. The maximum Gasteiger partial charge on any atom is 0.381 e. The van der Waals surface area contributed by atoms with Crippen molar-refractivity contribution >= 4 is 5.82 Å². The van der Waals surface area contributed by atoms with Gasteiger partial charge in [-0.25, -0.2) is 0 Å². The molecule has 0 saturated heterocycles. The van der Waals surface area contributed by atoms with Crippen LogP contribution in [0.4, 0.5) is 5.82 Å². The van der Waals surface area contributed by atoms with Gasteiger partial charge in [0.05, 0.1) is 12.0 Å². The Morgan fingerprint density at radius 2 is 2.43 bits per heavy atom. The van der Waals surface area contributed by atoms with E-state index < -0.39 is 4.92 Å². The van der Waals surface area contributed by atoms with Crippen LogP contribution >= 0.6 is 0 Å². The van der Waals surface area contributed by atoms with E-state index in [4.69, 9.17) is 5.26 Å². The number of nitro groups is 1. The van der Waals surface area contributed by atoms with Gasteiger partial charge in [0.25, 0.3) is 0 Å². The van der Waals surface area contributed by atoms with Crippen LogP contribution in [0, 0.1) is 27.4 Å². The Hall–Kier alpha value is -1.90. The van der Waals surface area contributed by atoms with Crippen molar-refractivity contribution in [1.29, 1.82) is 5.26 Å². The van der Waals surface area contributed by atoms with Crippen molar-refractivity contribution in [3.05, 3.63) is 22.6 Å². The van der Waals surface area contributed by atoms with Gasteiger partial charge in [-0.1, -0.05) is 0 Å². The summed E-state index contributed by atoms with van der Waals surface area (Å²) in [5.41, 5.74) is 0. The molecule has 72 valence electrons. The molecule has 6 heteroatoms. The summed E-state index contributed by atoms with van der Waals surface area (Å²) in [4.78, 5) is 13.5. The molecule has 14 heavy (non-hydrogen) atoms. The van der Waals surface area contributed by atoms with Crippen molar-refractivity contribution < 1.29 is 4.92 Å². The monoisotopic (exact) mass is 192 g/mol. The maximum absolute atomic E-state index is 10.3. The minimum absolute atomic E-state index is 0.0986. The van der Waals surface area contributed by atoms with E-state index in [-0.39, 0.29) is 17.8 Å². The molecule has 0 bridgehead atoms. The van der Waals surface area contributed by atoms with Crippen LogP contribution in [0.25, 0.3) is 0 Å². The normalized spacial score (nSPS) is 25.1. The molecule has 2 rings (SSSR count). The molecule has 0 aliphatic heterocycles. The zero-order chi connectivity index (χ0) is 10.1. The quantitative estimate of drug-likeness (QED) is 0.521. The Bertz CT molecular complexity index is 400. The van der Waals surface area contributed by atoms with Crippen LogP contribution in [0.1, 0.15) is 18.9 Å². The fourth-order valence-electron chi connectivity index (χ4n) is 1.56. The SMILES string of the molecule is N#CC1CC(n2cnc([N+](=O)[O-])c2)C1. The highest BCUT2D eigenvalue weighted by molar-refractivity contribution is 5.14. The van der Waals surface area contributed by atoms with Crippen molar-refractivity contribution in [1.82, 2.24) is 9.55 Å². The van der Waals surface area contributed by atoms with Gasteiger partial charge >= 0.3 is 5.82 Å². The Morgan fingerprint density at radius 1 is 1.71 bits per heavy atom. The summed E-state index contributed by atoms with van der Waals surface area (Å²) in [7, 11) is 0. The van der Waals surface area contributed by atoms with E-state index in [1.54, 1.807) is 4.57 Å². The topological polar surface area (TPSA) is 84.8 Å². The van der Waals surface area contributed by atoms with E-state index in [1.165, 1.54) is 12.5 Å². The van der Waals surface area contributed by atoms with Crippen LogP contribution in [0.2, 0.25) is 0 Å². The van der Waals surface area contributed by atoms with Crippen LogP contribution in [0.3, 0.4) is 0 Å². The van der Waals surface area contributed by atoms with Gasteiger partial charge in [-0.15, -0.1) is 0 Å². The lowest BCUT2D eigenvalue weighted by Crippen LogP contribution is -2.24. The summed E-state index contributed by atoms with van der Waals surface area (Å²) in [6.07, 6.45) is 4.41. The van der Waals surface area contributed by atoms with E-state index in [0.29, 0.717) is 0 Å². The van der Waals surface area contributed by atoms with E-state index in [9.17, 15) is 10.1 Å².